The van der Waals surface area contributed by atoms with E-state index in [4.69, 9.17) is 9.47 Å². The molecule has 0 aliphatic rings. The van der Waals surface area contributed by atoms with Crippen LogP contribution in [0.2, 0.25) is 0 Å². The highest BCUT2D eigenvalue weighted by molar-refractivity contribution is 5.94. The van der Waals surface area contributed by atoms with E-state index in [9.17, 15) is 4.79 Å². The second-order valence-corrected chi connectivity index (χ2v) is 8.56. The molecule has 32 heavy (non-hydrogen) atoms. The molecule has 3 N–H and O–H groups in total. The van der Waals surface area contributed by atoms with Crippen LogP contribution in [0.3, 0.4) is 0 Å². The van der Waals surface area contributed by atoms with E-state index in [0.717, 1.165) is 12.1 Å². The zero-order valence-corrected chi connectivity index (χ0v) is 20.0. The summed E-state index contributed by atoms with van der Waals surface area (Å²) in [5.74, 6) is 2.01. The van der Waals surface area contributed by atoms with Crippen LogP contribution in [0.4, 0.5) is 0 Å². The first-order valence-corrected chi connectivity index (χ1v) is 10.9. The normalized spacial score (nSPS) is 12.6. The third kappa shape index (κ3) is 8.49. The number of nitrogens with one attached hydrogen (secondary N) is 3. The monoisotopic (exact) mass is 440 g/mol. The lowest BCUT2D eigenvalue weighted by molar-refractivity contribution is 0.0919. The van der Waals surface area contributed by atoms with Crippen LogP contribution in [-0.4, -0.2) is 43.7 Å². The first-order chi connectivity index (χ1) is 15.2. The van der Waals surface area contributed by atoms with Gasteiger partial charge in [0.1, 0.15) is 6.10 Å². The Bertz CT molecular complexity index is 906. The predicted octanol–water partition coefficient (Wildman–Crippen LogP) is 3.75. The number of carbonyl (C=O) groups excluding carboxylic acids is 1. The average molecular weight is 441 g/mol. The minimum atomic E-state index is -0.282. The van der Waals surface area contributed by atoms with Crippen LogP contribution >= 0.6 is 0 Å². The third-order valence-corrected chi connectivity index (χ3v) is 4.40. The van der Waals surface area contributed by atoms with Crippen molar-refractivity contribution in [1.82, 2.24) is 16.0 Å². The first kappa shape index (κ1) is 25.0. The molecule has 174 valence electrons. The number of nitrogens with zero attached hydrogens (tertiary/aromatic N) is 1. The van der Waals surface area contributed by atoms with E-state index in [1.165, 1.54) is 0 Å². The molecule has 0 aliphatic carbocycles. The molecule has 1 atom stereocenters. The number of hydrogen-bond donors (Lipinski definition) is 3. The fraction of sp³-hybridized carbons (Fsp3) is 0.440. The summed E-state index contributed by atoms with van der Waals surface area (Å²) < 4.78 is 11.3. The first-order valence-electron chi connectivity index (χ1n) is 10.9. The zero-order chi connectivity index (χ0) is 23.6. The number of ether oxygens (including phenoxy) is 2. The van der Waals surface area contributed by atoms with Gasteiger partial charge in [0.05, 0.1) is 20.2 Å². The summed E-state index contributed by atoms with van der Waals surface area (Å²) in [6, 6.07) is 15.1. The fourth-order valence-corrected chi connectivity index (χ4v) is 2.95. The highest BCUT2D eigenvalue weighted by Gasteiger charge is 2.15. The number of carbonyl (C=O) groups is 1. The molecule has 0 radical (unpaired) electrons. The van der Waals surface area contributed by atoms with Crippen molar-refractivity contribution in [3.05, 3.63) is 59.7 Å². The number of amides is 1. The van der Waals surface area contributed by atoms with Gasteiger partial charge in [0.25, 0.3) is 5.91 Å². The van der Waals surface area contributed by atoms with Crippen molar-refractivity contribution >= 4 is 11.9 Å². The number of methoxy groups -OCH3 is 1. The Balaban J connectivity index is 1.98. The topological polar surface area (TPSA) is 84.0 Å². The standard InChI is InChI=1S/C25H36N4O3/c1-7-26-24(27-16-18(2)32-22-14-9-8-13-21(22)31-6)28-17-19-11-10-12-20(15-19)23(30)29-25(3,4)5/h8-15,18H,7,16-17H2,1-6H3,(H,29,30)(H2,26,27,28). The van der Waals surface area contributed by atoms with Gasteiger partial charge in [-0.1, -0.05) is 24.3 Å². The number of guanidine groups is 1. The van der Waals surface area contributed by atoms with E-state index in [-0.39, 0.29) is 17.6 Å². The van der Waals surface area contributed by atoms with E-state index >= 15 is 0 Å². The summed E-state index contributed by atoms with van der Waals surface area (Å²) in [7, 11) is 1.63. The maximum Gasteiger partial charge on any atom is 0.251 e. The average Bonchev–Trinajstić information content (AvgIpc) is 2.75. The van der Waals surface area contributed by atoms with Crippen LogP contribution in [0.5, 0.6) is 11.5 Å². The molecular formula is C25H36N4O3. The van der Waals surface area contributed by atoms with Crippen LogP contribution in [-0.2, 0) is 6.54 Å². The number of para-hydroxylation sites is 2. The summed E-state index contributed by atoms with van der Waals surface area (Å²) in [5, 5.41) is 9.54. The maximum atomic E-state index is 12.4. The molecule has 0 aromatic heterocycles. The molecule has 0 fully saturated rings. The molecule has 1 amide bonds. The van der Waals surface area contributed by atoms with Gasteiger partial charge < -0.3 is 25.4 Å². The van der Waals surface area contributed by atoms with Gasteiger partial charge in [0, 0.05) is 17.6 Å². The molecule has 2 aromatic rings. The maximum absolute atomic E-state index is 12.4. The van der Waals surface area contributed by atoms with Crippen molar-refractivity contribution < 1.29 is 14.3 Å². The van der Waals surface area contributed by atoms with Crippen molar-refractivity contribution in [1.29, 1.82) is 0 Å². The molecule has 0 heterocycles. The number of rotatable bonds is 9. The van der Waals surface area contributed by atoms with Gasteiger partial charge >= 0.3 is 0 Å². The lowest BCUT2D eigenvalue weighted by Crippen LogP contribution is -2.41. The fourth-order valence-electron chi connectivity index (χ4n) is 2.95. The second kappa shape index (κ2) is 12.0. The lowest BCUT2D eigenvalue weighted by Gasteiger charge is -2.20. The van der Waals surface area contributed by atoms with Crippen molar-refractivity contribution in [3.63, 3.8) is 0 Å². The van der Waals surface area contributed by atoms with Crippen LogP contribution in [0.25, 0.3) is 0 Å². The van der Waals surface area contributed by atoms with Crippen LogP contribution in [0.15, 0.2) is 53.5 Å². The Morgan fingerprint density at radius 2 is 1.78 bits per heavy atom. The summed E-state index contributed by atoms with van der Waals surface area (Å²) in [5.41, 5.74) is 1.31. The summed E-state index contributed by atoms with van der Waals surface area (Å²) in [6.07, 6.45) is -0.0976. The summed E-state index contributed by atoms with van der Waals surface area (Å²) in [4.78, 5) is 17.1. The SMILES string of the molecule is CCNC(=NCc1cccc(C(=O)NC(C)(C)C)c1)NCC(C)Oc1ccccc1OC. The smallest absolute Gasteiger partial charge is 0.251 e. The van der Waals surface area contributed by atoms with Gasteiger partial charge in [-0.2, -0.15) is 0 Å². The van der Waals surface area contributed by atoms with Crippen molar-refractivity contribution in [3.8, 4) is 11.5 Å². The molecular weight excluding hydrogens is 404 g/mol. The minimum absolute atomic E-state index is 0.0873. The van der Waals surface area contributed by atoms with Gasteiger partial charge in [-0.25, -0.2) is 4.99 Å². The van der Waals surface area contributed by atoms with Gasteiger partial charge in [-0.15, -0.1) is 0 Å². The number of aliphatic imine (C=N–C) groups is 1. The molecule has 1 unspecified atom stereocenters. The molecule has 0 aliphatic heterocycles. The predicted molar refractivity (Wildman–Crippen MR) is 130 cm³/mol. The quantitative estimate of drug-likeness (QED) is 0.409. The highest BCUT2D eigenvalue weighted by Crippen LogP contribution is 2.26. The Kier molecular flexibility index (Phi) is 9.38. The Morgan fingerprint density at radius 3 is 2.44 bits per heavy atom. The van der Waals surface area contributed by atoms with Gasteiger partial charge in [0.2, 0.25) is 0 Å². The highest BCUT2D eigenvalue weighted by atomic mass is 16.5. The van der Waals surface area contributed by atoms with Crippen molar-refractivity contribution in [2.75, 3.05) is 20.2 Å². The Hall–Kier alpha value is -3.22. The van der Waals surface area contributed by atoms with Crippen LogP contribution in [0.1, 0.15) is 50.5 Å². The molecule has 0 saturated carbocycles. The van der Waals surface area contributed by atoms with E-state index in [1.807, 2.05) is 83.1 Å². The van der Waals surface area contributed by atoms with E-state index < -0.39 is 0 Å². The Labute approximate surface area is 191 Å². The van der Waals surface area contributed by atoms with Gasteiger partial charge in [-0.05, 0) is 64.4 Å². The van der Waals surface area contributed by atoms with E-state index in [0.29, 0.717) is 36.1 Å². The second-order valence-electron chi connectivity index (χ2n) is 8.56. The van der Waals surface area contributed by atoms with Gasteiger partial charge in [0.15, 0.2) is 17.5 Å². The molecule has 2 aromatic carbocycles. The summed E-state index contributed by atoms with van der Waals surface area (Å²) >= 11 is 0. The van der Waals surface area contributed by atoms with E-state index in [1.54, 1.807) is 7.11 Å². The van der Waals surface area contributed by atoms with Crippen LogP contribution in [0, 0.1) is 0 Å². The van der Waals surface area contributed by atoms with Crippen molar-refractivity contribution in [2.45, 2.75) is 52.8 Å². The molecule has 0 saturated heterocycles. The minimum Gasteiger partial charge on any atom is -0.493 e. The molecule has 7 heteroatoms. The Morgan fingerprint density at radius 1 is 1.06 bits per heavy atom. The van der Waals surface area contributed by atoms with Crippen molar-refractivity contribution in [2.24, 2.45) is 4.99 Å². The van der Waals surface area contributed by atoms with Crippen LogP contribution < -0.4 is 25.4 Å². The molecule has 0 bridgehead atoms. The van der Waals surface area contributed by atoms with E-state index in [2.05, 4.69) is 20.9 Å². The zero-order valence-electron chi connectivity index (χ0n) is 20.0. The van der Waals surface area contributed by atoms with Gasteiger partial charge in [-0.3, -0.25) is 4.79 Å². The largest absolute Gasteiger partial charge is 0.493 e. The molecule has 0 spiro atoms. The number of benzene rings is 2. The third-order valence-electron chi connectivity index (χ3n) is 4.40. The lowest BCUT2D eigenvalue weighted by atomic mass is 10.1. The molecule has 2 rings (SSSR count). The molecule has 7 nitrogen and oxygen atoms in total. The number of hydrogen-bond acceptors (Lipinski definition) is 4. The summed E-state index contributed by atoms with van der Waals surface area (Å²) in [6.45, 7) is 11.7.